The molecule has 1 heterocycles. The minimum Gasteiger partial charge on any atom is -0.464 e. The van der Waals surface area contributed by atoms with Crippen LogP contribution in [0.15, 0.2) is 101 Å². The Morgan fingerprint density at radius 1 is 0.875 bits per heavy atom. The number of aromatic nitrogens is 1. The SMILES string of the molecule is COC(=O)c1cc2cc(-c3ccccc3)c(Sc3ccc(Cl)c(Cl)c3)cc2n1Cc1ccc(C(=O)N(C)C)cc1. The van der Waals surface area contributed by atoms with Crippen molar-refractivity contribution in [3.63, 3.8) is 0 Å². The van der Waals surface area contributed by atoms with Crippen molar-refractivity contribution in [3.05, 3.63) is 118 Å². The van der Waals surface area contributed by atoms with Crippen molar-refractivity contribution in [1.29, 1.82) is 0 Å². The molecule has 0 radical (unpaired) electrons. The van der Waals surface area contributed by atoms with Gasteiger partial charge in [-0.25, -0.2) is 4.79 Å². The topological polar surface area (TPSA) is 51.5 Å². The highest BCUT2D eigenvalue weighted by Gasteiger charge is 2.20. The number of hydrogen-bond acceptors (Lipinski definition) is 4. The Morgan fingerprint density at radius 3 is 2.25 bits per heavy atom. The lowest BCUT2D eigenvalue weighted by molar-refractivity contribution is 0.0589. The molecule has 0 saturated carbocycles. The highest BCUT2D eigenvalue weighted by atomic mass is 35.5. The van der Waals surface area contributed by atoms with Gasteiger partial charge in [-0.15, -0.1) is 0 Å². The molecule has 0 fully saturated rings. The van der Waals surface area contributed by atoms with Crippen LogP contribution in [0, 0.1) is 0 Å². The van der Waals surface area contributed by atoms with Gasteiger partial charge in [-0.1, -0.05) is 77.4 Å². The maximum absolute atomic E-state index is 12.9. The van der Waals surface area contributed by atoms with Crippen molar-refractivity contribution < 1.29 is 14.3 Å². The monoisotopic (exact) mass is 588 g/mol. The summed E-state index contributed by atoms with van der Waals surface area (Å²) >= 11 is 14.1. The number of benzene rings is 4. The van der Waals surface area contributed by atoms with Crippen LogP contribution in [0.5, 0.6) is 0 Å². The molecule has 0 aliphatic heterocycles. The van der Waals surface area contributed by atoms with Crippen LogP contribution in [0.2, 0.25) is 10.0 Å². The molecule has 0 atom stereocenters. The molecule has 1 aromatic heterocycles. The van der Waals surface area contributed by atoms with E-state index < -0.39 is 5.97 Å². The fourth-order valence-corrected chi connectivity index (χ4v) is 5.91. The van der Waals surface area contributed by atoms with Crippen LogP contribution >= 0.6 is 35.0 Å². The number of methoxy groups -OCH3 is 1. The van der Waals surface area contributed by atoms with Gasteiger partial charge in [-0.3, -0.25) is 4.79 Å². The van der Waals surface area contributed by atoms with Gasteiger partial charge in [0.1, 0.15) is 5.69 Å². The van der Waals surface area contributed by atoms with Crippen LogP contribution in [0.3, 0.4) is 0 Å². The van der Waals surface area contributed by atoms with E-state index in [2.05, 4.69) is 24.3 Å². The molecule has 40 heavy (non-hydrogen) atoms. The predicted molar refractivity (Wildman–Crippen MR) is 163 cm³/mol. The summed E-state index contributed by atoms with van der Waals surface area (Å²) in [5.74, 6) is -0.485. The standard InChI is InChI=1S/C32H26Cl2N2O3S/c1-35(2)31(37)22-11-9-20(10-12-22)19-36-28-18-30(40-24-13-14-26(33)27(34)17-24)25(21-7-5-4-6-8-21)15-23(28)16-29(36)32(38)39-3/h4-18H,19H2,1-3H3. The van der Waals surface area contributed by atoms with Gasteiger partial charge in [0.25, 0.3) is 5.91 Å². The third-order valence-electron chi connectivity index (χ3n) is 6.55. The van der Waals surface area contributed by atoms with Crippen LogP contribution in [0.25, 0.3) is 22.0 Å². The van der Waals surface area contributed by atoms with Crippen LogP contribution < -0.4 is 0 Å². The number of carbonyl (C=O) groups is 2. The number of ether oxygens (including phenoxy) is 1. The first kappa shape index (κ1) is 27.8. The van der Waals surface area contributed by atoms with Crippen molar-refractivity contribution in [1.82, 2.24) is 9.47 Å². The third kappa shape index (κ3) is 5.75. The molecule has 0 N–H and O–H groups in total. The first-order valence-electron chi connectivity index (χ1n) is 12.5. The summed E-state index contributed by atoms with van der Waals surface area (Å²) in [6.45, 7) is 0.423. The Kier molecular flexibility index (Phi) is 8.22. The highest BCUT2D eigenvalue weighted by molar-refractivity contribution is 7.99. The zero-order valence-electron chi connectivity index (χ0n) is 22.2. The minimum absolute atomic E-state index is 0.0642. The molecule has 5 rings (SSSR count). The van der Waals surface area contributed by atoms with Crippen molar-refractivity contribution in [3.8, 4) is 11.1 Å². The molecule has 8 heteroatoms. The van der Waals surface area contributed by atoms with E-state index in [-0.39, 0.29) is 5.91 Å². The van der Waals surface area contributed by atoms with Crippen molar-refractivity contribution in [2.45, 2.75) is 16.3 Å². The Hall–Kier alpha value is -3.71. The fraction of sp³-hybridized carbons (Fsp3) is 0.125. The van der Waals surface area contributed by atoms with E-state index in [4.69, 9.17) is 27.9 Å². The van der Waals surface area contributed by atoms with Gasteiger partial charge in [0.05, 0.1) is 22.7 Å². The van der Waals surface area contributed by atoms with Gasteiger partial charge in [0.2, 0.25) is 0 Å². The smallest absolute Gasteiger partial charge is 0.354 e. The molecular formula is C32H26Cl2N2O3S. The summed E-state index contributed by atoms with van der Waals surface area (Å²) in [5, 5.41) is 1.90. The van der Waals surface area contributed by atoms with Crippen molar-refractivity contribution >= 4 is 57.7 Å². The fourth-order valence-electron chi connectivity index (χ4n) is 4.52. The Labute approximate surface area is 247 Å². The summed E-state index contributed by atoms with van der Waals surface area (Å²) in [5.41, 5.74) is 4.97. The van der Waals surface area contributed by atoms with E-state index in [0.717, 1.165) is 37.4 Å². The second-order valence-electron chi connectivity index (χ2n) is 9.45. The molecule has 202 valence electrons. The molecule has 5 nitrogen and oxygen atoms in total. The average Bonchev–Trinajstić information content (AvgIpc) is 3.31. The van der Waals surface area contributed by atoms with Gasteiger partial charge in [-0.05, 0) is 65.2 Å². The maximum atomic E-state index is 12.9. The molecule has 0 saturated heterocycles. The zero-order chi connectivity index (χ0) is 28.4. The summed E-state index contributed by atoms with van der Waals surface area (Å²) in [4.78, 5) is 28.7. The Morgan fingerprint density at radius 2 is 1.60 bits per heavy atom. The number of carbonyl (C=O) groups excluding carboxylic acids is 2. The lowest BCUT2D eigenvalue weighted by Crippen LogP contribution is -2.21. The lowest BCUT2D eigenvalue weighted by atomic mass is 10.0. The first-order valence-corrected chi connectivity index (χ1v) is 14.1. The van der Waals surface area contributed by atoms with E-state index in [9.17, 15) is 9.59 Å². The second-order valence-corrected chi connectivity index (χ2v) is 11.4. The third-order valence-corrected chi connectivity index (χ3v) is 8.33. The number of halogens is 2. The Balaban J connectivity index is 1.64. The van der Waals surface area contributed by atoms with Crippen molar-refractivity contribution in [2.24, 2.45) is 0 Å². The number of rotatable bonds is 7. The first-order chi connectivity index (χ1) is 19.2. The summed E-state index contributed by atoms with van der Waals surface area (Å²) < 4.78 is 7.10. The number of amides is 1. The van der Waals surface area contributed by atoms with Crippen LogP contribution in [0.4, 0.5) is 0 Å². The normalized spacial score (nSPS) is 11.0. The van der Waals surface area contributed by atoms with E-state index in [1.54, 1.807) is 49.0 Å². The molecule has 5 aromatic rings. The number of fused-ring (bicyclic) bond motifs is 1. The Bertz CT molecular complexity index is 1710. The van der Waals surface area contributed by atoms with Crippen LogP contribution in [-0.2, 0) is 11.3 Å². The molecule has 0 spiro atoms. The van der Waals surface area contributed by atoms with Crippen LogP contribution in [-0.4, -0.2) is 42.5 Å². The predicted octanol–water partition coefficient (Wildman–Crippen LogP) is 8.30. The van der Waals surface area contributed by atoms with Gasteiger partial charge in [-0.2, -0.15) is 0 Å². The molecule has 4 aromatic carbocycles. The van der Waals surface area contributed by atoms with E-state index in [0.29, 0.717) is 27.8 Å². The minimum atomic E-state index is -0.421. The van der Waals surface area contributed by atoms with E-state index in [1.165, 1.54) is 7.11 Å². The van der Waals surface area contributed by atoms with Gasteiger partial charge in [0.15, 0.2) is 0 Å². The van der Waals surface area contributed by atoms with E-state index >= 15 is 0 Å². The van der Waals surface area contributed by atoms with Gasteiger partial charge < -0.3 is 14.2 Å². The van der Waals surface area contributed by atoms with Gasteiger partial charge >= 0.3 is 5.97 Å². The zero-order valence-corrected chi connectivity index (χ0v) is 24.5. The number of esters is 1. The molecule has 0 aliphatic rings. The number of nitrogens with zero attached hydrogens (tertiary/aromatic N) is 2. The average molecular weight is 590 g/mol. The highest BCUT2D eigenvalue weighted by Crippen LogP contribution is 2.41. The van der Waals surface area contributed by atoms with Crippen LogP contribution in [0.1, 0.15) is 26.4 Å². The summed E-state index contributed by atoms with van der Waals surface area (Å²) in [7, 11) is 4.83. The molecule has 0 unspecified atom stereocenters. The van der Waals surface area contributed by atoms with Crippen molar-refractivity contribution in [2.75, 3.05) is 21.2 Å². The largest absolute Gasteiger partial charge is 0.464 e. The molecule has 0 bridgehead atoms. The van der Waals surface area contributed by atoms with E-state index in [1.807, 2.05) is 53.1 Å². The van der Waals surface area contributed by atoms with Gasteiger partial charge in [0, 0.05) is 41.4 Å². The molecular weight excluding hydrogens is 563 g/mol. The second kappa shape index (κ2) is 11.8. The summed E-state index contributed by atoms with van der Waals surface area (Å²) in [6, 6.07) is 29.2. The number of hydrogen-bond donors (Lipinski definition) is 0. The molecule has 1 amide bonds. The molecule has 0 aliphatic carbocycles. The maximum Gasteiger partial charge on any atom is 0.354 e. The lowest BCUT2D eigenvalue weighted by Gasteiger charge is -2.14. The summed E-state index contributed by atoms with van der Waals surface area (Å²) in [6.07, 6.45) is 0. The quantitative estimate of drug-likeness (QED) is 0.179.